The van der Waals surface area contributed by atoms with Crippen LogP contribution in [-0.2, 0) is 0 Å². The SMILES string of the molecule is [2H]c1c([2H])c([2H])c([N+](=O)[O-])c(Br)c1[2H]. The highest BCUT2D eigenvalue weighted by atomic mass is 79.9. The van der Waals surface area contributed by atoms with E-state index in [2.05, 4.69) is 15.9 Å². The van der Waals surface area contributed by atoms with Gasteiger partial charge in [-0.2, -0.15) is 0 Å². The van der Waals surface area contributed by atoms with Crippen molar-refractivity contribution in [3.8, 4) is 0 Å². The second kappa shape index (κ2) is 2.79. The average Bonchev–Trinajstić information content (AvgIpc) is 2.11. The second-order valence-corrected chi connectivity index (χ2v) is 2.21. The topological polar surface area (TPSA) is 43.1 Å². The van der Waals surface area contributed by atoms with E-state index in [0.29, 0.717) is 0 Å². The van der Waals surface area contributed by atoms with Gasteiger partial charge >= 0.3 is 0 Å². The maximum atomic E-state index is 10.5. The van der Waals surface area contributed by atoms with Gasteiger partial charge in [-0.3, -0.25) is 10.1 Å². The Balaban J connectivity index is 3.68. The van der Waals surface area contributed by atoms with Gasteiger partial charge in [0.15, 0.2) is 0 Å². The van der Waals surface area contributed by atoms with Crippen molar-refractivity contribution in [1.29, 1.82) is 0 Å². The summed E-state index contributed by atoms with van der Waals surface area (Å²) in [4.78, 5) is 9.64. The summed E-state index contributed by atoms with van der Waals surface area (Å²) in [5.74, 6) is 0. The Morgan fingerprint density at radius 2 is 2.20 bits per heavy atom. The largest absolute Gasteiger partial charge is 0.283 e. The van der Waals surface area contributed by atoms with Crippen LogP contribution >= 0.6 is 15.9 Å². The van der Waals surface area contributed by atoms with Gasteiger partial charge in [-0.1, -0.05) is 12.1 Å². The van der Waals surface area contributed by atoms with Crippen LogP contribution < -0.4 is 0 Å². The highest BCUT2D eigenvalue weighted by molar-refractivity contribution is 9.10. The van der Waals surface area contributed by atoms with Crippen molar-refractivity contribution in [2.45, 2.75) is 0 Å². The molecule has 52 valence electrons. The Morgan fingerprint density at radius 3 is 2.80 bits per heavy atom. The predicted molar refractivity (Wildman–Crippen MR) is 40.8 cm³/mol. The number of nitrogens with zero attached hydrogens (tertiary/aromatic N) is 1. The molecular weight excluding hydrogens is 198 g/mol. The third-order valence-electron chi connectivity index (χ3n) is 0.806. The molecule has 3 nitrogen and oxygen atoms in total. The summed E-state index contributed by atoms with van der Waals surface area (Å²) in [6.45, 7) is 0. The summed E-state index contributed by atoms with van der Waals surface area (Å²) in [7, 11) is 0. The fourth-order valence-electron chi connectivity index (χ4n) is 0.416. The molecule has 0 aliphatic carbocycles. The van der Waals surface area contributed by atoms with E-state index >= 15 is 0 Å². The molecule has 0 radical (unpaired) electrons. The quantitative estimate of drug-likeness (QED) is 0.522. The van der Waals surface area contributed by atoms with Crippen molar-refractivity contribution in [2.75, 3.05) is 0 Å². The summed E-state index contributed by atoms with van der Waals surface area (Å²) in [5, 5.41) is 10.5. The molecule has 0 saturated heterocycles. The average molecular weight is 206 g/mol. The standard InChI is InChI=1S/C6H4BrNO2/c7-5-3-1-2-4-6(5)8(9)10/h1-4H/i1D,2D,3D,4D. The molecular formula is C6H4BrNO2. The first-order valence-corrected chi connectivity index (χ1v) is 3.07. The maximum absolute atomic E-state index is 10.5. The Labute approximate surface area is 71.6 Å². The van der Waals surface area contributed by atoms with Crippen LogP contribution in [-0.4, -0.2) is 4.92 Å². The van der Waals surface area contributed by atoms with Crippen molar-refractivity contribution < 1.29 is 10.4 Å². The molecule has 0 amide bonds. The monoisotopic (exact) mass is 205 g/mol. The van der Waals surface area contributed by atoms with E-state index in [1.165, 1.54) is 0 Å². The smallest absolute Gasteiger partial charge is 0.258 e. The Morgan fingerprint density at radius 1 is 1.60 bits per heavy atom. The van der Waals surface area contributed by atoms with Crippen molar-refractivity contribution in [1.82, 2.24) is 0 Å². The van der Waals surface area contributed by atoms with Crippen LogP contribution in [0.15, 0.2) is 28.6 Å². The van der Waals surface area contributed by atoms with E-state index < -0.39 is 34.8 Å². The second-order valence-electron chi connectivity index (χ2n) is 1.42. The van der Waals surface area contributed by atoms with E-state index in [1.54, 1.807) is 0 Å². The van der Waals surface area contributed by atoms with Gasteiger partial charge in [0, 0.05) is 6.04 Å². The van der Waals surface area contributed by atoms with E-state index in [-0.39, 0.29) is 4.47 Å². The number of nitro groups is 1. The minimum absolute atomic E-state index is 0.228. The zero-order valence-electron chi connectivity index (χ0n) is 8.64. The molecule has 0 spiro atoms. The maximum Gasteiger partial charge on any atom is 0.283 e. The molecule has 0 saturated carbocycles. The van der Waals surface area contributed by atoms with Crippen molar-refractivity contribution in [3.05, 3.63) is 38.8 Å². The summed E-state index contributed by atoms with van der Waals surface area (Å²) < 4.78 is 28.7. The first-order chi connectivity index (χ1) is 6.37. The molecule has 0 aromatic heterocycles. The van der Waals surface area contributed by atoms with E-state index in [9.17, 15) is 10.1 Å². The van der Waals surface area contributed by atoms with Gasteiger partial charge in [0.25, 0.3) is 5.69 Å². The number of benzene rings is 1. The number of hydrogen-bond acceptors (Lipinski definition) is 2. The summed E-state index contributed by atoms with van der Waals surface area (Å²) in [6.07, 6.45) is 0. The van der Waals surface area contributed by atoms with Gasteiger partial charge in [0.1, 0.15) is 0 Å². The molecule has 4 heteroatoms. The lowest BCUT2D eigenvalue weighted by Crippen LogP contribution is -1.87. The lowest BCUT2D eigenvalue weighted by molar-refractivity contribution is -0.385. The van der Waals surface area contributed by atoms with Gasteiger partial charge in [0.2, 0.25) is 0 Å². The number of para-hydroxylation sites is 1. The van der Waals surface area contributed by atoms with Crippen LogP contribution in [0.2, 0.25) is 0 Å². The zero-order chi connectivity index (χ0) is 11.0. The van der Waals surface area contributed by atoms with Crippen molar-refractivity contribution in [3.63, 3.8) is 0 Å². The fourth-order valence-corrected chi connectivity index (χ4v) is 0.759. The molecule has 10 heavy (non-hydrogen) atoms. The molecule has 1 rings (SSSR count). The molecule has 0 aliphatic rings. The number of halogens is 1. The van der Waals surface area contributed by atoms with Crippen molar-refractivity contribution in [2.24, 2.45) is 0 Å². The first kappa shape index (κ1) is 3.48. The van der Waals surface area contributed by atoms with Gasteiger partial charge in [-0.15, -0.1) is 0 Å². The molecule has 0 heterocycles. The summed E-state index contributed by atoms with van der Waals surface area (Å²) in [6, 6.07) is -2.20. The molecule has 0 N–H and O–H groups in total. The number of nitro benzene ring substituents is 1. The Bertz CT molecular complexity index is 394. The number of hydrogen-bond donors (Lipinski definition) is 0. The van der Waals surface area contributed by atoms with E-state index in [1.807, 2.05) is 0 Å². The van der Waals surface area contributed by atoms with Gasteiger partial charge in [-0.05, 0) is 22.0 Å². The summed E-state index contributed by atoms with van der Waals surface area (Å²) >= 11 is 2.76. The lowest BCUT2D eigenvalue weighted by Gasteiger charge is -1.91. The van der Waals surface area contributed by atoms with Crippen LogP contribution in [0.3, 0.4) is 0 Å². The third kappa shape index (κ3) is 1.33. The first-order valence-electron chi connectivity index (χ1n) is 4.28. The van der Waals surface area contributed by atoms with E-state index in [4.69, 9.17) is 5.48 Å². The van der Waals surface area contributed by atoms with Crippen LogP contribution in [0.5, 0.6) is 0 Å². The third-order valence-corrected chi connectivity index (χ3v) is 1.38. The Kier molecular flexibility index (Phi) is 0.970. The van der Waals surface area contributed by atoms with Gasteiger partial charge in [0.05, 0.1) is 14.9 Å². The van der Waals surface area contributed by atoms with Crippen LogP contribution in [0.1, 0.15) is 5.48 Å². The minimum Gasteiger partial charge on any atom is -0.258 e. The molecule has 1 aromatic rings. The molecule has 0 atom stereocenters. The minimum atomic E-state index is -0.845. The fraction of sp³-hybridized carbons (Fsp3) is 0. The molecule has 1 aromatic carbocycles. The summed E-state index contributed by atoms with van der Waals surface area (Å²) in [5.41, 5.74) is -0.643. The molecule has 0 aliphatic heterocycles. The molecule has 0 unspecified atom stereocenters. The lowest BCUT2D eigenvalue weighted by atomic mass is 10.3. The normalized spacial score (nSPS) is 14.9. The molecule has 0 bridgehead atoms. The van der Waals surface area contributed by atoms with E-state index in [0.717, 1.165) is 0 Å². The van der Waals surface area contributed by atoms with Crippen LogP contribution in [0.4, 0.5) is 5.69 Å². The zero-order valence-corrected chi connectivity index (χ0v) is 6.23. The Hall–Kier alpha value is -0.900. The van der Waals surface area contributed by atoms with Crippen LogP contribution in [0, 0.1) is 10.1 Å². The van der Waals surface area contributed by atoms with Gasteiger partial charge < -0.3 is 0 Å². The van der Waals surface area contributed by atoms with Gasteiger partial charge in [-0.25, -0.2) is 0 Å². The number of rotatable bonds is 1. The highest BCUT2D eigenvalue weighted by Crippen LogP contribution is 2.22. The molecule has 0 fully saturated rings. The van der Waals surface area contributed by atoms with Crippen molar-refractivity contribution >= 4 is 21.6 Å². The predicted octanol–water partition coefficient (Wildman–Crippen LogP) is 2.36. The highest BCUT2D eigenvalue weighted by Gasteiger charge is 2.07. The van der Waals surface area contributed by atoms with Crippen LogP contribution in [0.25, 0.3) is 0 Å².